The normalized spacial score (nSPS) is 30.8. The second kappa shape index (κ2) is 4.84. The molecule has 4 nitrogen and oxygen atoms in total. The molecule has 1 atom stereocenters. The van der Waals surface area contributed by atoms with Gasteiger partial charge in [-0.15, -0.1) is 11.6 Å². The Bertz CT molecular complexity index is 339. The first-order chi connectivity index (χ1) is 8.09. The van der Waals surface area contributed by atoms with Crippen molar-refractivity contribution >= 4 is 23.5 Å². The molecule has 96 valence electrons. The summed E-state index contributed by atoms with van der Waals surface area (Å²) in [5, 5.41) is 0. The van der Waals surface area contributed by atoms with E-state index in [0.717, 1.165) is 6.42 Å². The summed E-state index contributed by atoms with van der Waals surface area (Å²) in [6.45, 7) is 0. The Morgan fingerprint density at radius 2 is 2.12 bits per heavy atom. The molecule has 5 heteroatoms. The van der Waals surface area contributed by atoms with Crippen LogP contribution in [0.4, 0.5) is 0 Å². The zero-order valence-corrected chi connectivity index (χ0v) is 11.0. The van der Waals surface area contributed by atoms with E-state index in [4.69, 9.17) is 17.3 Å². The summed E-state index contributed by atoms with van der Waals surface area (Å²) in [5.74, 6) is 1.05. The average molecular weight is 258 g/mol. The molecule has 1 fully saturated rings. The van der Waals surface area contributed by atoms with Crippen molar-refractivity contribution in [1.29, 1.82) is 0 Å². The summed E-state index contributed by atoms with van der Waals surface area (Å²) < 4.78 is 0. The molecule has 1 amide bonds. The number of hydrogen-bond acceptors (Lipinski definition) is 3. The van der Waals surface area contributed by atoms with E-state index < -0.39 is 5.54 Å². The number of carbonyl (C=O) groups excluding carboxylic acids is 1. The Hall–Kier alpha value is -0.770. The van der Waals surface area contributed by atoms with Gasteiger partial charge in [0.05, 0.1) is 5.88 Å². The van der Waals surface area contributed by atoms with Crippen LogP contribution in [-0.4, -0.2) is 35.2 Å². The fraction of sp³-hybridized carbons (Fsp3) is 0.833. The minimum atomic E-state index is -0.789. The Balaban J connectivity index is 2.12. The molecule has 17 heavy (non-hydrogen) atoms. The Kier molecular flexibility index (Phi) is 3.61. The molecule has 0 aromatic rings. The number of rotatable bonds is 3. The molecular formula is C12H20ClN3O. The molecule has 1 heterocycles. The van der Waals surface area contributed by atoms with Crippen LogP contribution < -0.4 is 5.73 Å². The second-order valence-electron chi connectivity index (χ2n) is 5.21. The van der Waals surface area contributed by atoms with Crippen molar-refractivity contribution in [2.24, 2.45) is 16.6 Å². The minimum Gasteiger partial charge on any atom is -0.369 e. The number of halogens is 1. The molecule has 0 bridgehead atoms. The van der Waals surface area contributed by atoms with Crippen molar-refractivity contribution in [3.8, 4) is 0 Å². The van der Waals surface area contributed by atoms with E-state index in [1.807, 2.05) is 0 Å². The van der Waals surface area contributed by atoms with Crippen LogP contribution in [-0.2, 0) is 4.79 Å². The van der Waals surface area contributed by atoms with Gasteiger partial charge in [-0.3, -0.25) is 9.69 Å². The molecule has 0 saturated heterocycles. The van der Waals surface area contributed by atoms with Crippen LogP contribution in [0.5, 0.6) is 0 Å². The lowest BCUT2D eigenvalue weighted by Gasteiger charge is -2.29. The zero-order chi connectivity index (χ0) is 12.5. The van der Waals surface area contributed by atoms with Gasteiger partial charge in [0.25, 0.3) is 5.91 Å². The number of nitrogens with two attached hydrogens (primary N) is 1. The Labute approximate surface area is 107 Å². The van der Waals surface area contributed by atoms with Crippen molar-refractivity contribution in [3.05, 3.63) is 0 Å². The molecule has 0 radical (unpaired) electrons. The summed E-state index contributed by atoms with van der Waals surface area (Å²) >= 11 is 6.00. The molecule has 0 spiro atoms. The van der Waals surface area contributed by atoms with Gasteiger partial charge < -0.3 is 5.73 Å². The predicted molar refractivity (Wildman–Crippen MR) is 69.0 cm³/mol. The summed E-state index contributed by atoms with van der Waals surface area (Å²) in [4.78, 5) is 17.9. The predicted octanol–water partition coefficient (Wildman–Crippen LogP) is 1.72. The molecule has 1 saturated carbocycles. The first-order valence-electron chi connectivity index (χ1n) is 6.28. The number of likely N-dealkylation sites (N-methyl/N-ethyl adjacent to an activating group) is 1. The molecule has 0 aromatic heterocycles. The van der Waals surface area contributed by atoms with E-state index >= 15 is 0 Å². The number of alkyl halides is 1. The van der Waals surface area contributed by atoms with Crippen LogP contribution in [0.2, 0.25) is 0 Å². The van der Waals surface area contributed by atoms with Gasteiger partial charge in [0.1, 0.15) is 0 Å². The lowest BCUT2D eigenvalue weighted by Crippen LogP contribution is -2.44. The smallest absolute Gasteiger partial charge is 0.258 e. The third-order valence-corrected chi connectivity index (χ3v) is 4.39. The standard InChI is InChI=1S/C12H20ClN3O/c1-16-10(17)12(8-13,15-11(16)14)7-9-5-3-2-4-6-9/h9H,2-8H2,1H3,(H2,14,15). The van der Waals surface area contributed by atoms with Gasteiger partial charge in [-0.25, -0.2) is 4.99 Å². The van der Waals surface area contributed by atoms with Gasteiger partial charge in [-0.05, 0) is 12.3 Å². The number of hydrogen-bond donors (Lipinski definition) is 1. The molecule has 2 N–H and O–H groups in total. The molecule has 1 aliphatic heterocycles. The van der Waals surface area contributed by atoms with Crippen molar-refractivity contribution in [2.75, 3.05) is 12.9 Å². The summed E-state index contributed by atoms with van der Waals surface area (Å²) in [6, 6.07) is 0. The largest absolute Gasteiger partial charge is 0.369 e. The monoisotopic (exact) mass is 257 g/mol. The second-order valence-corrected chi connectivity index (χ2v) is 5.47. The van der Waals surface area contributed by atoms with Crippen molar-refractivity contribution in [2.45, 2.75) is 44.1 Å². The van der Waals surface area contributed by atoms with Crippen LogP contribution in [0.1, 0.15) is 38.5 Å². The maximum atomic E-state index is 12.2. The topological polar surface area (TPSA) is 58.7 Å². The third kappa shape index (κ3) is 2.28. The van der Waals surface area contributed by atoms with Crippen molar-refractivity contribution < 1.29 is 4.79 Å². The lowest BCUT2D eigenvalue weighted by atomic mass is 9.80. The first-order valence-corrected chi connectivity index (χ1v) is 6.82. The number of carbonyl (C=O) groups is 1. The van der Waals surface area contributed by atoms with E-state index in [-0.39, 0.29) is 11.8 Å². The maximum Gasteiger partial charge on any atom is 0.258 e. The van der Waals surface area contributed by atoms with Gasteiger partial charge >= 0.3 is 0 Å². The third-order valence-electron chi connectivity index (χ3n) is 3.95. The van der Waals surface area contributed by atoms with E-state index in [1.54, 1.807) is 7.05 Å². The highest BCUT2D eigenvalue weighted by molar-refractivity contribution is 6.22. The zero-order valence-electron chi connectivity index (χ0n) is 10.3. The fourth-order valence-electron chi connectivity index (χ4n) is 2.90. The average Bonchev–Trinajstić information content (AvgIpc) is 2.56. The van der Waals surface area contributed by atoms with Gasteiger partial charge in [-0.2, -0.15) is 0 Å². The van der Waals surface area contributed by atoms with E-state index in [0.29, 0.717) is 11.9 Å². The van der Waals surface area contributed by atoms with E-state index in [2.05, 4.69) is 4.99 Å². The Morgan fingerprint density at radius 3 is 2.59 bits per heavy atom. The highest BCUT2D eigenvalue weighted by Crippen LogP contribution is 2.36. The van der Waals surface area contributed by atoms with Gasteiger partial charge in [-0.1, -0.05) is 32.1 Å². The van der Waals surface area contributed by atoms with Crippen LogP contribution in [0.3, 0.4) is 0 Å². The number of amides is 1. The SMILES string of the molecule is CN1C(=O)C(CCl)(CC2CCCCC2)N=C1N. The van der Waals surface area contributed by atoms with E-state index in [1.165, 1.54) is 37.0 Å². The van der Waals surface area contributed by atoms with Gasteiger partial charge in [0, 0.05) is 7.05 Å². The van der Waals surface area contributed by atoms with Crippen LogP contribution in [0.25, 0.3) is 0 Å². The van der Waals surface area contributed by atoms with Crippen LogP contribution >= 0.6 is 11.6 Å². The van der Waals surface area contributed by atoms with Crippen LogP contribution in [0, 0.1) is 5.92 Å². The quantitative estimate of drug-likeness (QED) is 0.783. The Morgan fingerprint density at radius 1 is 1.47 bits per heavy atom. The molecule has 2 rings (SSSR count). The van der Waals surface area contributed by atoms with Crippen molar-refractivity contribution in [1.82, 2.24) is 4.90 Å². The summed E-state index contributed by atoms with van der Waals surface area (Å²) in [5.41, 5.74) is 4.93. The minimum absolute atomic E-state index is 0.0458. The summed E-state index contributed by atoms with van der Waals surface area (Å²) in [7, 11) is 1.66. The first kappa shape index (κ1) is 12.7. The highest BCUT2D eigenvalue weighted by Gasteiger charge is 2.47. The summed E-state index contributed by atoms with van der Waals surface area (Å²) in [6.07, 6.45) is 6.94. The molecular weight excluding hydrogens is 238 g/mol. The fourth-order valence-corrected chi connectivity index (χ4v) is 3.18. The molecule has 1 unspecified atom stereocenters. The van der Waals surface area contributed by atoms with Crippen molar-refractivity contribution in [3.63, 3.8) is 0 Å². The molecule has 1 aliphatic carbocycles. The van der Waals surface area contributed by atoms with Crippen LogP contribution in [0.15, 0.2) is 4.99 Å². The number of guanidine groups is 1. The number of aliphatic imine (C=N–C) groups is 1. The van der Waals surface area contributed by atoms with Gasteiger partial charge in [0.15, 0.2) is 11.5 Å². The highest BCUT2D eigenvalue weighted by atomic mass is 35.5. The maximum absolute atomic E-state index is 12.2. The number of nitrogens with zero attached hydrogens (tertiary/aromatic N) is 2. The lowest BCUT2D eigenvalue weighted by molar-refractivity contribution is -0.130. The van der Waals surface area contributed by atoms with E-state index in [9.17, 15) is 4.79 Å². The molecule has 0 aromatic carbocycles. The van der Waals surface area contributed by atoms with Gasteiger partial charge in [0.2, 0.25) is 0 Å². The molecule has 2 aliphatic rings.